The number of nitrogen functional groups attached to an aromatic ring is 1. The van der Waals surface area contributed by atoms with Gasteiger partial charge in [-0.25, -0.2) is 9.37 Å². The minimum absolute atomic E-state index is 0.261. The van der Waals surface area contributed by atoms with Gasteiger partial charge >= 0.3 is 0 Å². The van der Waals surface area contributed by atoms with Crippen LogP contribution in [0.15, 0.2) is 22.7 Å². The van der Waals surface area contributed by atoms with Crippen molar-refractivity contribution in [3.8, 4) is 17.2 Å². The van der Waals surface area contributed by atoms with E-state index in [0.717, 1.165) is 48.1 Å². The second-order valence-corrected chi connectivity index (χ2v) is 6.78. The summed E-state index contributed by atoms with van der Waals surface area (Å²) < 4.78 is 14.0. The van der Waals surface area contributed by atoms with E-state index in [-0.39, 0.29) is 11.6 Å². The molecule has 0 saturated carbocycles. The first kappa shape index (κ1) is 15.9. The van der Waals surface area contributed by atoms with Crippen LogP contribution in [0.4, 0.5) is 10.2 Å². The van der Waals surface area contributed by atoms with Gasteiger partial charge in [0, 0.05) is 11.3 Å². The third kappa shape index (κ3) is 2.84. The molecule has 1 heterocycles. The van der Waals surface area contributed by atoms with Crippen LogP contribution in [0.25, 0.3) is 11.1 Å². The van der Waals surface area contributed by atoms with Crippen molar-refractivity contribution < 1.29 is 4.39 Å². The van der Waals surface area contributed by atoms with E-state index in [0.29, 0.717) is 16.0 Å². The maximum Gasteiger partial charge on any atom is 0.142 e. The molecule has 0 fully saturated rings. The summed E-state index contributed by atoms with van der Waals surface area (Å²) in [5.41, 5.74) is 10.1. The Bertz CT molecular complexity index is 811. The normalized spacial score (nSPS) is 16.7. The fourth-order valence-electron chi connectivity index (χ4n) is 3.28. The van der Waals surface area contributed by atoms with E-state index in [1.54, 1.807) is 12.1 Å². The van der Waals surface area contributed by atoms with Crippen molar-refractivity contribution in [3.63, 3.8) is 0 Å². The number of aromatic nitrogens is 1. The monoisotopic (exact) mass is 373 g/mol. The van der Waals surface area contributed by atoms with Gasteiger partial charge in [-0.15, -0.1) is 0 Å². The van der Waals surface area contributed by atoms with Crippen molar-refractivity contribution in [2.75, 3.05) is 5.73 Å². The summed E-state index contributed by atoms with van der Waals surface area (Å²) in [6.45, 7) is 2.18. The topological polar surface area (TPSA) is 62.7 Å². The molecule has 1 unspecified atom stereocenters. The van der Waals surface area contributed by atoms with E-state index in [1.807, 2.05) is 0 Å². The summed E-state index contributed by atoms with van der Waals surface area (Å²) in [5.74, 6) is 0.522. The number of fused-ring (bicyclic) bond motifs is 1. The molecule has 3 rings (SSSR count). The van der Waals surface area contributed by atoms with Crippen LogP contribution in [0, 0.1) is 23.1 Å². The van der Waals surface area contributed by atoms with Crippen LogP contribution in [-0.4, -0.2) is 4.98 Å². The van der Waals surface area contributed by atoms with Gasteiger partial charge < -0.3 is 5.73 Å². The Morgan fingerprint density at radius 2 is 2.26 bits per heavy atom. The SMILES string of the molecule is CCC1CCc2nc(N)c(C#N)c(-c3ccc(F)c(Br)c3)c2C1. The van der Waals surface area contributed by atoms with Gasteiger partial charge in [0.1, 0.15) is 23.3 Å². The number of nitrogens with zero attached hydrogens (tertiary/aromatic N) is 2. The minimum atomic E-state index is -0.324. The summed E-state index contributed by atoms with van der Waals surface area (Å²) in [5, 5.41) is 9.55. The Labute approximate surface area is 143 Å². The molecule has 0 aliphatic heterocycles. The average molecular weight is 374 g/mol. The fourth-order valence-corrected chi connectivity index (χ4v) is 3.66. The van der Waals surface area contributed by atoms with Gasteiger partial charge in [-0.05, 0) is 64.4 Å². The first-order valence-electron chi connectivity index (χ1n) is 7.71. The fraction of sp³-hybridized carbons (Fsp3) is 0.333. The number of rotatable bonds is 2. The van der Waals surface area contributed by atoms with E-state index in [4.69, 9.17) is 5.73 Å². The third-order valence-electron chi connectivity index (χ3n) is 4.59. The Morgan fingerprint density at radius 3 is 2.91 bits per heavy atom. The molecule has 0 bridgehead atoms. The molecule has 1 aliphatic carbocycles. The molecule has 2 aromatic rings. The Balaban J connectivity index is 2.27. The molecule has 2 N–H and O–H groups in total. The number of nitriles is 1. The number of halogens is 2. The summed E-state index contributed by atoms with van der Waals surface area (Å²) in [6, 6.07) is 7.00. The van der Waals surface area contributed by atoms with E-state index in [9.17, 15) is 9.65 Å². The summed E-state index contributed by atoms with van der Waals surface area (Å²) in [7, 11) is 0. The predicted octanol–water partition coefficient (Wildman–Crippen LogP) is 4.62. The van der Waals surface area contributed by atoms with Crippen molar-refractivity contribution in [2.45, 2.75) is 32.6 Å². The second-order valence-electron chi connectivity index (χ2n) is 5.93. The maximum absolute atomic E-state index is 13.6. The van der Waals surface area contributed by atoms with Gasteiger partial charge in [0.25, 0.3) is 0 Å². The van der Waals surface area contributed by atoms with Crippen molar-refractivity contribution in [3.05, 3.63) is 45.3 Å². The lowest BCUT2D eigenvalue weighted by Crippen LogP contribution is -2.18. The lowest BCUT2D eigenvalue weighted by molar-refractivity contribution is 0.440. The first-order chi connectivity index (χ1) is 11.0. The Morgan fingerprint density at radius 1 is 1.48 bits per heavy atom. The zero-order valence-electron chi connectivity index (χ0n) is 12.9. The molecular formula is C18H17BrFN3. The van der Waals surface area contributed by atoms with Crippen molar-refractivity contribution in [1.29, 1.82) is 5.26 Å². The Hall–Kier alpha value is -1.93. The molecule has 1 atom stereocenters. The lowest BCUT2D eigenvalue weighted by Gasteiger charge is -2.26. The number of pyridine rings is 1. The molecule has 0 spiro atoms. The van der Waals surface area contributed by atoms with Gasteiger partial charge in [-0.2, -0.15) is 5.26 Å². The smallest absolute Gasteiger partial charge is 0.142 e. The van der Waals surface area contributed by atoms with Gasteiger partial charge in [0.2, 0.25) is 0 Å². The molecule has 5 heteroatoms. The molecule has 1 aromatic carbocycles. The molecule has 0 amide bonds. The zero-order chi connectivity index (χ0) is 16.6. The quantitative estimate of drug-likeness (QED) is 0.835. The summed E-state index contributed by atoms with van der Waals surface area (Å²) in [6.07, 6.45) is 3.95. The van der Waals surface area contributed by atoms with Crippen LogP contribution in [0.1, 0.15) is 36.6 Å². The summed E-state index contributed by atoms with van der Waals surface area (Å²) >= 11 is 3.23. The first-order valence-corrected chi connectivity index (χ1v) is 8.51. The highest BCUT2D eigenvalue weighted by molar-refractivity contribution is 9.10. The van der Waals surface area contributed by atoms with E-state index >= 15 is 0 Å². The standard InChI is InChI=1S/C18H17BrFN3/c1-2-10-3-6-16-12(7-10)17(13(9-21)18(22)23-16)11-4-5-15(20)14(19)8-11/h4-5,8,10H,2-3,6-7H2,1H3,(H2,22,23). The number of hydrogen-bond acceptors (Lipinski definition) is 3. The predicted molar refractivity (Wildman–Crippen MR) is 92.3 cm³/mol. The van der Waals surface area contributed by atoms with Crippen molar-refractivity contribution in [1.82, 2.24) is 4.98 Å². The molecule has 0 radical (unpaired) electrons. The molecule has 23 heavy (non-hydrogen) atoms. The molecule has 0 saturated heterocycles. The van der Waals surface area contributed by atoms with Crippen LogP contribution in [0.5, 0.6) is 0 Å². The summed E-state index contributed by atoms with van der Waals surface area (Å²) in [4.78, 5) is 4.45. The largest absolute Gasteiger partial charge is 0.383 e. The Kier molecular flexibility index (Phi) is 4.36. The highest BCUT2D eigenvalue weighted by Crippen LogP contribution is 2.39. The zero-order valence-corrected chi connectivity index (χ0v) is 14.5. The molecule has 1 aliphatic rings. The van der Waals surface area contributed by atoms with Crippen LogP contribution in [-0.2, 0) is 12.8 Å². The van der Waals surface area contributed by atoms with Crippen molar-refractivity contribution >= 4 is 21.7 Å². The maximum atomic E-state index is 13.6. The van der Waals surface area contributed by atoms with Gasteiger partial charge in [-0.1, -0.05) is 19.4 Å². The third-order valence-corrected chi connectivity index (χ3v) is 5.20. The average Bonchev–Trinajstić information content (AvgIpc) is 2.55. The van der Waals surface area contributed by atoms with Gasteiger partial charge in [0.15, 0.2) is 0 Å². The lowest BCUT2D eigenvalue weighted by atomic mass is 9.80. The number of hydrogen-bond donors (Lipinski definition) is 1. The minimum Gasteiger partial charge on any atom is -0.383 e. The van der Waals surface area contributed by atoms with Crippen LogP contribution < -0.4 is 5.73 Å². The van der Waals surface area contributed by atoms with E-state index in [2.05, 4.69) is 33.9 Å². The number of benzene rings is 1. The second kappa shape index (κ2) is 6.29. The van der Waals surface area contributed by atoms with Crippen LogP contribution in [0.2, 0.25) is 0 Å². The molecule has 118 valence electrons. The molecular weight excluding hydrogens is 357 g/mol. The molecule has 1 aromatic heterocycles. The van der Waals surface area contributed by atoms with Crippen LogP contribution >= 0.6 is 15.9 Å². The number of nitrogens with two attached hydrogens (primary N) is 1. The van der Waals surface area contributed by atoms with E-state index < -0.39 is 0 Å². The number of aryl methyl sites for hydroxylation is 1. The molecule has 3 nitrogen and oxygen atoms in total. The van der Waals surface area contributed by atoms with E-state index in [1.165, 1.54) is 6.07 Å². The van der Waals surface area contributed by atoms with Crippen LogP contribution in [0.3, 0.4) is 0 Å². The number of anilines is 1. The highest BCUT2D eigenvalue weighted by atomic mass is 79.9. The van der Waals surface area contributed by atoms with Crippen molar-refractivity contribution in [2.24, 2.45) is 5.92 Å². The van der Waals surface area contributed by atoms with Gasteiger partial charge in [-0.3, -0.25) is 0 Å². The highest BCUT2D eigenvalue weighted by Gasteiger charge is 2.26. The van der Waals surface area contributed by atoms with Gasteiger partial charge in [0.05, 0.1) is 4.47 Å².